The van der Waals surface area contributed by atoms with Crippen LogP contribution in [0.15, 0.2) is 78.2 Å². The summed E-state index contributed by atoms with van der Waals surface area (Å²) in [7, 11) is 1.59. The monoisotopic (exact) mass is 478 g/mol. The number of nitrogens with one attached hydrogen (secondary N) is 1. The number of aromatic nitrogens is 2. The molecular formula is C29H26N4O3. The molecule has 0 saturated carbocycles. The Hall–Kier alpha value is -4.70. The number of fused-ring (bicyclic) bond motifs is 1. The Kier molecular flexibility index (Phi) is 6.09. The summed E-state index contributed by atoms with van der Waals surface area (Å²) in [5, 5.41) is 17.5. The Labute approximate surface area is 209 Å². The quantitative estimate of drug-likeness (QED) is 0.379. The number of allylic oxidation sites excluding steroid dienone is 1. The molecule has 0 saturated heterocycles. The zero-order valence-electron chi connectivity index (χ0n) is 20.3. The van der Waals surface area contributed by atoms with Crippen LogP contribution < -0.4 is 19.9 Å². The van der Waals surface area contributed by atoms with E-state index in [1.165, 1.54) is 5.56 Å². The van der Waals surface area contributed by atoms with Crippen molar-refractivity contribution >= 4 is 0 Å². The highest BCUT2D eigenvalue weighted by molar-refractivity contribution is 5.72. The van der Waals surface area contributed by atoms with Gasteiger partial charge in [0.05, 0.1) is 24.3 Å². The van der Waals surface area contributed by atoms with Crippen molar-refractivity contribution in [1.82, 2.24) is 10.2 Å². The molecule has 3 aromatic carbocycles. The van der Waals surface area contributed by atoms with Gasteiger partial charge >= 0.3 is 0 Å². The number of rotatable bonds is 6. The number of H-pyrrole nitrogens is 1. The number of aryl methyl sites for hydroxylation is 2. The number of nitriles is 1. The maximum atomic E-state index is 10.0. The van der Waals surface area contributed by atoms with Crippen LogP contribution in [-0.2, 0) is 6.61 Å². The first-order valence-electron chi connectivity index (χ1n) is 11.6. The molecule has 1 aliphatic heterocycles. The van der Waals surface area contributed by atoms with E-state index in [1.54, 1.807) is 7.11 Å². The highest BCUT2D eigenvalue weighted by Gasteiger charge is 2.36. The predicted octanol–water partition coefficient (Wildman–Crippen LogP) is 5.50. The second-order valence-corrected chi connectivity index (χ2v) is 8.73. The molecule has 2 heterocycles. The first kappa shape index (κ1) is 23.1. The molecule has 7 nitrogen and oxygen atoms in total. The lowest BCUT2D eigenvalue weighted by molar-refractivity contribution is 0.284. The van der Waals surface area contributed by atoms with Crippen LogP contribution in [0.3, 0.4) is 0 Å². The molecule has 4 aromatic rings. The average Bonchev–Trinajstić information content (AvgIpc) is 3.32. The van der Waals surface area contributed by atoms with Gasteiger partial charge in [-0.3, -0.25) is 5.10 Å². The molecule has 0 radical (unpaired) electrons. The predicted molar refractivity (Wildman–Crippen MR) is 137 cm³/mol. The number of hydrogen-bond donors (Lipinski definition) is 2. The number of methoxy groups -OCH3 is 1. The van der Waals surface area contributed by atoms with Gasteiger partial charge in [-0.15, -0.1) is 5.10 Å². The standard InChI is InChI=1S/C29H26N4O3/c1-17-9-10-21(13-18(17)2)27-26-25(22(15-30)28(31)36-29(26)33-32-27)20-11-12-23(24(14-20)34-3)35-16-19-7-5-4-6-8-19/h4-14,25H,16,31H2,1-3H3,(H,32,33)/t25-/m0/s1. The SMILES string of the molecule is COc1cc([C@H]2C(C#N)=C(N)Oc3n[nH]c(-c4ccc(C)c(C)c4)c32)ccc1OCc1ccccc1. The summed E-state index contributed by atoms with van der Waals surface area (Å²) in [5.41, 5.74) is 13.2. The number of aromatic amines is 1. The van der Waals surface area contributed by atoms with Gasteiger partial charge in [-0.25, -0.2) is 0 Å². The molecule has 5 rings (SSSR count). The van der Waals surface area contributed by atoms with Gasteiger partial charge in [-0.2, -0.15) is 5.26 Å². The summed E-state index contributed by atoms with van der Waals surface area (Å²) in [4.78, 5) is 0. The van der Waals surface area contributed by atoms with E-state index in [1.807, 2.05) is 54.6 Å². The van der Waals surface area contributed by atoms with Crippen molar-refractivity contribution in [3.05, 3.63) is 106 Å². The van der Waals surface area contributed by atoms with Crippen molar-refractivity contribution in [2.75, 3.05) is 7.11 Å². The molecule has 0 aliphatic carbocycles. The molecule has 3 N–H and O–H groups in total. The van der Waals surface area contributed by atoms with E-state index in [2.05, 4.69) is 42.2 Å². The summed E-state index contributed by atoms with van der Waals surface area (Å²) < 4.78 is 17.4. The topological polar surface area (TPSA) is 106 Å². The summed E-state index contributed by atoms with van der Waals surface area (Å²) in [5.74, 6) is 1.06. The Morgan fingerprint density at radius 3 is 2.56 bits per heavy atom. The summed E-state index contributed by atoms with van der Waals surface area (Å²) in [6.07, 6.45) is 0. The molecule has 0 amide bonds. The molecule has 0 fully saturated rings. The third-order valence-electron chi connectivity index (χ3n) is 6.49. The van der Waals surface area contributed by atoms with Gasteiger partial charge in [0.25, 0.3) is 0 Å². The van der Waals surface area contributed by atoms with Crippen molar-refractivity contribution < 1.29 is 14.2 Å². The van der Waals surface area contributed by atoms with E-state index in [9.17, 15) is 5.26 Å². The lowest BCUT2D eigenvalue weighted by atomic mass is 9.82. The fourth-order valence-corrected chi connectivity index (χ4v) is 4.41. The lowest BCUT2D eigenvalue weighted by Crippen LogP contribution is -2.21. The number of nitrogens with two attached hydrogens (primary N) is 1. The molecule has 1 aliphatic rings. The largest absolute Gasteiger partial charge is 0.493 e. The smallest absolute Gasteiger partial charge is 0.244 e. The normalized spacial score (nSPS) is 14.6. The molecule has 180 valence electrons. The third kappa shape index (κ3) is 4.14. The fourth-order valence-electron chi connectivity index (χ4n) is 4.41. The van der Waals surface area contributed by atoms with Crippen LogP contribution in [0.1, 0.15) is 33.7 Å². The summed E-state index contributed by atoms with van der Waals surface area (Å²) in [6, 6.07) is 24.0. The molecule has 0 unspecified atom stereocenters. The van der Waals surface area contributed by atoms with E-state index >= 15 is 0 Å². The number of ether oxygens (including phenoxy) is 3. The van der Waals surface area contributed by atoms with Crippen molar-refractivity contribution in [3.8, 4) is 34.7 Å². The molecule has 1 aromatic heterocycles. The molecule has 0 spiro atoms. The van der Waals surface area contributed by atoms with E-state index < -0.39 is 5.92 Å². The third-order valence-corrected chi connectivity index (χ3v) is 6.49. The van der Waals surface area contributed by atoms with Gasteiger partial charge in [-0.1, -0.05) is 48.5 Å². The zero-order chi connectivity index (χ0) is 25.2. The minimum absolute atomic E-state index is 0.0384. The highest BCUT2D eigenvalue weighted by Crippen LogP contribution is 2.47. The first-order chi connectivity index (χ1) is 17.5. The van der Waals surface area contributed by atoms with Crippen LogP contribution in [-0.4, -0.2) is 17.3 Å². The number of hydrogen-bond acceptors (Lipinski definition) is 6. The van der Waals surface area contributed by atoms with Crippen LogP contribution >= 0.6 is 0 Å². The van der Waals surface area contributed by atoms with E-state index in [0.29, 0.717) is 29.6 Å². The fraction of sp³-hybridized carbons (Fsp3) is 0.172. The van der Waals surface area contributed by atoms with Crippen molar-refractivity contribution in [3.63, 3.8) is 0 Å². The van der Waals surface area contributed by atoms with Gasteiger partial charge in [0.15, 0.2) is 11.5 Å². The summed E-state index contributed by atoms with van der Waals surface area (Å²) >= 11 is 0. The first-order valence-corrected chi connectivity index (χ1v) is 11.6. The number of benzene rings is 3. The minimum atomic E-state index is -0.494. The van der Waals surface area contributed by atoms with Crippen molar-refractivity contribution in [2.45, 2.75) is 26.4 Å². The van der Waals surface area contributed by atoms with E-state index in [4.69, 9.17) is 19.9 Å². The van der Waals surface area contributed by atoms with Crippen molar-refractivity contribution in [2.24, 2.45) is 5.73 Å². The Morgan fingerprint density at radius 2 is 1.83 bits per heavy atom. The van der Waals surface area contributed by atoms with Crippen molar-refractivity contribution in [1.29, 1.82) is 5.26 Å². The molecule has 0 bridgehead atoms. The second-order valence-electron chi connectivity index (χ2n) is 8.73. The minimum Gasteiger partial charge on any atom is -0.493 e. The Morgan fingerprint density at radius 1 is 1.03 bits per heavy atom. The second kappa shape index (κ2) is 9.51. The maximum Gasteiger partial charge on any atom is 0.244 e. The average molecular weight is 479 g/mol. The molecular weight excluding hydrogens is 452 g/mol. The van der Waals surface area contributed by atoms with Crippen LogP contribution in [0, 0.1) is 25.2 Å². The van der Waals surface area contributed by atoms with E-state index in [0.717, 1.165) is 33.5 Å². The number of nitrogens with zero attached hydrogens (tertiary/aromatic N) is 2. The van der Waals surface area contributed by atoms with Crippen LogP contribution in [0.5, 0.6) is 17.4 Å². The van der Waals surface area contributed by atoms with Crippen LogP contribution in [0.2, 0.25) is 0 Å². The van der Waals surface area contributed by atoms with Gasteiger partial charge in [0, 0.05) is 5.56 Å². The lowest BCUT2D eigenvalue weighted by Gasteiger charge is -2.25. The zero-order valence-corrected chi connectivity index (χ0v) is 20.3. The molecule has 7 heteroatoms. The van der Waals surface area contributed by atoms with Gasteiger partial charge < -0.3 is 19.9 Å². The Bertz CT molecular complexity index is 1500. The van der Waals surface area contributed by atoms with Gasteiger partial charge in [-0.05, 0) is 54.3 Å². The van der Waals surface area contributed by atoms with Crippen LogP contribution in [0.25, 0.3) is 11.3 Å². The van der Waals surface area contributed by atoms with Gasteiger partial charge in [0.2, 0.25) is 11.8 Å². The molecule has 36 heavy (non-hydrogen) atoms. The van der Waals surface area contributed by atoms with E-state index in [-0.39, 0.29) is 5.88 Å². The maximum absolute atomic E-state index is 10.0. The summed E-state index contributed by atoms with van der Waals surface area (Å²) in [6.45, 7) is 4.54. The van der Waals surface area contributed by atoms with Crippen LogP contribution in [0.4, 0.5) is 0 Å². The molecule has 1 atom stereocenters. The highest BCUT2D eigenvalue weighted by atomic mass is 16.5. The van der Waals surface area contributed by atoms with Gasteiger partial charge in [0.1, 0.15) is 18.2 Å². The Balaban J connectivity index is 1.57.